The molecule has 0 radical (unpaired) electrons. The molecular weight excluding hydrogens is 442 g/mol. The van der Waals surface area contributed by atoms with Crippen LogP contribution in [0.15, 0.2) is 85.1 Å². The average molecular weight is 470 g/mol. The van der Waals surface area contributed by atoms with Crippen LogP contribution in [0, 0.1) is 0 Å². The van der Waals surface area contributed by atoms with Gasteiger partial charge in [-0.2, -0.15) is 0 Å². The molecule has 0 aromatic heterocycles. The maximum absolute atomic E-state index is 13.4. The van der Waals surface area contributed by atoms with Crippen LogP contribution in [0.3, 0.4) is 0 Å². The van der Waals surface area contributed by atoms with Crippen molar-refractivity contribution < 1.29 is 23.9 Å². The van der Waals surface area contributed by atoms with Gasteiger partial charge in [0.25, 0.3) is 5.78 Å². The monoisotopic (exact) mass is 469 g/mol. The van der Waals surface area contributed by atoms with Crippen molar-refractivity contribution in [2.45, 2.75) is 25.9 Å². The Morgan fingerprint density at radius 3 is 2.20 bits per heavy atom. The molecule has 0 spiro atoms. The Bertz CT molecular complexity index is 1280. The number of methoxy groups -OCH3 is 1. The zero-order chi connectivity index (χ0) is 25.0. The van der Waals surface area contributed by atoms with Crippen molar-refractivity contribution in [3.63, 3.8) is 0 Å². The summed E-state index contributed by atoms with van der Waals surface area (Å²) < 4.78 is 10.5. The molecule has 0 saturated carbocycles. The molecule has 6 nitrogen and oxygen atoms in total. The first-order valence-electron chi connectivity index (χ1n) is 11.4. The second-order valence-corrected chi connectivity index (χ2v) is 8.78. The van der Waals surface area contributed by atoms with E-state index in [0.717, 1.165) is 16.8 Å². The Morgan fingerprint density at radius 1 is 0.886 bits per heavy atom. The number of hydrogen-bond donors (Lipinski definition) is 0. The number of Topliss-reactive ketones (excluding diaryl/α,β-unsaturated/α-hetero) is 1. The van der Waals surface area contributed by atoms with Gasteiger partial charge in [0.1, 0.15) is 5.60 Å². The van der Waals surface area contributed by atoms with Crippen molar-refractivity contribution >= 4 is 29.0 Å². The molecule has 0 amide bonds. The van der Waals surface area contributed by atoms with Gasteiger partial charge in [-0.05, 0) is 55.2 Å². The molecule has 0 N–H and O–H groups in total. The number of benzene rings is 3. The summed E-state index contributed by atoms with van der Waals surface area (Å²) >= 11 is 0. The van der Waals surface area contributed by atoms with Crippen LogP contribution >= 0.6 is 0 Å². The summed E-state index contributed by atoms with van der Waals surface area (Å²) in [5, 5.41) is 0. The Labute approximate surface area is 204 Å². The smallest absolute Gasteiger partial charge is 0.380 e. The molecule has 35 heavy (non-hydrogen) atoms. The van der Waals surface area contributed by atoms with Crippen LogP contribution in [-0.2, 0) is 31.1 Å². The third kappa shape index (κ3) is 5.17. The zero-order valence-electron chi connectivity index (χ0n) is 20.0. The zero-order valence-corrected chi connectivity index (χ0v) is 20.0. The molecule has 0 saturated heterocycles. The van der Waals surface area contributed by atoms with Crippen molar-refractivity contribution in [1.82, 2.24) is 0 Å². The SMILES string of the molecule is COC(=O)c1ccc2c(c1)CCN2/C=C(/C(=O)C(=O)OC(C)(C)c1ccccc1)c1ccccc1. The quantitative estimate of drug-likeness (QED) is 0.278. The number of carbonyl (C=O) groups is 3. The summed E-state index contributed by atoms with van der Waals surface area (Å²) in [7, 11) is 1.35. The first-order chi connectivity index (χ1) is 16.8. The molecule has 0 bridgehead atoms. The number of rotatable bonds is 7. The highest BCUT2D eigenvalue weighted by atomic mass is 16.6. The van der Waals surface area contributed by atoms with Crippen LogP contribution in [0.4, 0.5) is 5.69 Å². The van der Waals surface area contributed by atoms with Gasteiger partial charge in [-0.1, -0.05) is 60.7 Å². The molecule has 4 rings (SSSR count). The number of hydrogen-bond acceptors (Lipinski definition) is 6. The van der Waals surface area contributed by atoms with E-state index >= 15 is 0 Å². The van der Waals surface area contributed by atoms with Gasteiger partial charge in [0.05, 0.1) is 18.2 Å². The number of ketones is 1. The maximum Gasteiger partial charge on any atom is 0.380 e. The van der Waals surface area contributed by atoms with Crippen LogP contribution in [0.25, 0.3) is 5.57 Å². The summed E-state index contributed by atoms with van der Waals surface area (Å²) in [6.45, 7) is 4.12. The summed E-state index contributed by atoms with van der Waals surface area (Å²) in [4.78, 5) is 40.3. The normalized spacial score (nSPS) is 13.2. The minimum atomic E-state index is -0.972. The molecule has 3 aromatic rings. The van der Waals surface area contributed by atoms with E-state index in [2.05, 4.69) is 0 Å². The fraction of sp³-hybridized carbons (Fsp3) is 0.207. The van der Waals surface area contributed by atoms with Gasteiger partial charge in [-0.25, -0.2) is 9.59 Å². The number of carbonyl (C=O) groups excluding carboxylic acids is 3. The molecule has 0 unspecified atom stereocenters. The van der Waals surface area contributed by atoms with E-state index in [1.807, 2.05) is 59.5 Å². The summed E-state index contributed by atoms with van der Waals surface area (Å²) in [6.07, 6.45) is 2.39. The fourth-order valence-electron chi connectivity index (χ4n) is 4.13. The van der Waals surface area contributed by atoms with Gasteiger partial charge in [-0.15, -0.1) is 0 Å². The van der Waals surface area contributed by atoms with E-state index in [9.17, 15) is 14.4 Å². The highest BCUT2D eigenvalue weighted by Gasteiger charge is 2.31. The van der Waals surface area contributed by atoms with Crippen molar-refractivity contribution in [3.8, 4) is 0 Å². The first-order valence-corrected chi connectivity index (χ1v) is 11.4. The maximum atomic E-state index is 13.4. The first kappa shape index (κ1) is 24.0. The van der Waals surface area contributed by atoms with E-state index in [-0.39, 0.29) is 5.57 Å². The Kier molecular flexibility index (Phi) is 6.82. The minimum absolute atomic E-state index is 0.240. The Balaban J connectivity index is 1.65. The predicted molar refractivity (Wildman–Crippen MR) is 134 cm³/mol. The highest BCUT2D eigenvalue weighted by Crippen LogP contribution is 2.32. The number of esters is 2. The lowest BCUT2D eigenvalue weighted by atomic mass is 9.97. The van der Waals surface area contributed by atoms with Crippen LogP contribution in [0.1, 0.15) is 40.9 Å². The third-order valence-corrected chi connectivity index (χ3v) is 6.05. The largest absolute Gasteiger partial charge is 0.465 e. The lowest BCUT2D eigenvalue weighted by Crippen LogP contribution is -2.31. The van der Waals surface area contributed by atoms with Gasteiger partial charge in [-0.3, -0.25) is 4.79 Å². The Morgan fingerprint density at radius 2 is 1.54 bits per heavy atom. The standard InChI is InChI=1S/C29H27NO5/c1-29(2,23-12-8-5-9-13-23)35-28(33)26(31)24(20-10-6-4-7-11-20)19-30-17-16-21-18-22(27(32)34-3)14-15-25(21)30/h4-15,18-19H,16-17H2,1-3H3/b24-19+. The van der Waals surface area contributed by atoms with Gasteiger partial charge >= 0.3 is 11.9 Å². The van der Waals surface area contributed by atoms with Crippen LogP contribution in [0.2, 0.25) is 0 Å². The summed E-state index contributed by atoms with van der Waals surface area (Å²) in [5.74, 6) is -2.04. The molecule has 0 atom stereocenters. The fourth-order valence-corrected chi connectivity index (χ4v) is 4.13. The molecule has 0 fully saturated rings. The molecule has 6 heteroatoms. The van der Waals surface area contributed by atoms with Crippen LogP contribution in [0.5, 0.6) is 0 Å². The Hall–Kier alpha value is -4.19. The third-order valence-electron chi connectivity index (χ3n) is 6.05. The second-order valence-electron chi connectivity index (χ2n) is 8.78. The van der Waals surface area contributed by atoms with Gasteiger partial charge in [0.2, 0.25) is 0 Å². The number of nitrogens with zero attached hydrogens (tertiary/aromatic N) is 1. The number of fused-ring (bicyclic) bond motifs is 1. The van der Waals surface area contributed by atoms with Crippen LogP contribution in [-0.4, -0.2) is 31.4 Å². The van der Waals surface area contributed by atoms with Crippen LogP contribution < -0.4 is 4.90 Å². The number of ether oxygens (including phenoxy) is 2. The second kappa shape index (κ2) is 9.97. The van der Waals surface area contributed by atoms with Crippen molar-refractivity contribution in [2.75, 3.05) is 18.6 Å². The average Bonchev–Trinajstić information content (AvgIpc) is 3.29. The summed E-state index contributed by atoms with van der Waals surface area (Å²) in [6, 6.07) is 23.7. The van der Waals surface area contributed by atoms with E-state index in [1.165, 1.54) is 7.11 Å². The topological polar surface area (TPSA) is 72.9 Å². The molecule has 3 aromatic carbocycles. The summed E-state index contributed by atoms with van der Waals surface area (Å²) in [5.41, 5.74) is 2.99. The highest BCUT2D eigenvalue weighted by molar-refractivity contribution is 6.51. The van der Waals surface area contributed by atoms with E-state index in [0.29, 0.717) is 24.1 Å². The van der Waals surface area contributed by atoms with E-state index in [1.54, 1.807) is 44.3 Å². The molecule has 1 aliphatic heterocycles. The molecule has 1 aliphatic rings. The molecular formula is C29H27NO5. The minimum Gasteiger partial charge on any atom is -0.465 e. The van der Waals surface area contributed by atoms with E-state index < -0.39 is 23.3 Å². The molecule has 1 heterocycles. The van der Waals surface area contributed by atoms with Crippen molar-refractivity contribution in [2.24, 2.45) is 0 Å². The van der Waals surface area contributed by atoms with Gasteiger partial charge in [0.15, 0.2) is 0 Å². The predicted octanol–water partition coefficient (Wildman–Crippen LogP) is 4.92. The number of anilines is 1. The molecule has 178 valence electrons. The van der Waals surface area contributed by atoms with Gasteiger partial charge < -0.3 is 14.4 Å². The van der Waals surface area contributed by atoms with Gasteiger partial charge in [0, 0.05) is 18.4 Å². The molecule has 0 aliphatic carbocycles. The lowest BCUT2D eigenvalue weighted by molar-refractivity contribution is -0.162. The van der Waals surface area contributed by atoms with E-state index in [4.69, 9.17) is 9.47 Å². The van der Waals surface area contributed by atoms with Crippen molar-refractivity contribution in [1.29, 1.82) is 0 Å². The lowest BCUT2D eigenvalue weighted by Gasteiger charge is -2.25. The van der Waals surface area contributed by atoms with Crippen molar-refractivity contribution in [3.05, 3.63) is 107 Å².